The number of aliphatic imine (C=N–C) groups is 1. The van der Waals surface area contributed by atoms with E-state index in [9.17, 15) is 5.11 Å². The summed E-state index contributed by atoms with van der Waals surface area (Å²) in [6, 6.07) is 13.8. The van der Waals surface area contributed by atoms with Gasteiger partial charge in [0.1, 0.15) is 0 Å². The van der Waals surface area contributed by atoms with Gasteiger partial charge in [-0.1, -0.05) is 66.4 Å². The fraction of sp³-hybridized carbons (Fsp3) is 0.111. The number of hydrogen-bond acceptors (Lipinski definition) is 8. The summed E-state index contributed by atoms with van der Waals surface area (Å²) in [6.07, 6.45) is 1.44. The van der Waals surface area contributed by atoms with Crippen LogP contribution in [-0.4, -0.2) is 32.3 Å². The molecule has 0 aliphatic rings. The van der Waals surface area contributed by atoms with Crippen LogP contribution in [0.15, 0.2) is 56.2 Å². The van der Waals surface area contributed by atoms with Gasteiger partial charge in [0.15, 0.2) is 10.0 Å². The standard InChI is InChI=1S/C18H14N4O2S2/c1-2-25-18-22-21-17(26-18)19-10-14-16(23)24-15(20-14)13-9-5-7-11-6-3-4-8-12(11)13/h3-10,23H,2H2,1H3. The first kappa shape index (κ1) is 16.7. The molecule has 0 saturated heterocycles. The van der Waals surface area contributed by atoms with Crippen LogP contribution in [0.2, 0.25) is 0 Å². The Labute approximate surface area is 157 Å². The first-order chi connectivity index (χ1) is 12.7. The minimum atomic E-state index is -0.274. The lowest BCUT2D eigenvalue weighted by Gasteiger charge is -2.01. The highest BCUT2D eigenvalue weighted by atomic mass is 32.2. The van der Waals surface area contributed by atoms with Gasteiger partial charge in [0.25, 0.3) is 0 Å². The van der Waals surface area contributed by atoms with E-state index in [1.807, 2.05) is 42.5 Å². The van der Waals surface area contributed by atoms with Crippen LogP contribution in [0, 0.1) is 0 Å². The van der Waals surface area contributed by atoms with Gasteiger partial charge in [0, 0.05) is 5.56 Å². The Morgan fingerprint density at radius 2 is 2.04 bits per heavy atom. The second-order valence-electron chi connectivity index (χ2n) is 5.28. The number of aromatic nitrogens is 3. The van der Waals surface area contributed by atoms with Gasteiger partial charge in [0.2, 0.25) is 11.0 Å². The van der Waals surface area contributed by atoms with Crippen molar-refractivity contribution < 1.29 is 9.52 Å². The number of rotatable bonds is 5. The molecule has 0 saturated carbocycles. The van der Waals surface area contributed by atoms with E-state index in [0.717, 1.165) is 26.4 Å². The molecule has 0 spiro atoms. The fourth-order valence-electron chi connectivity index (χ4n) is 2.49. The smallest absolute Gasteiger partial charge is 0.312 e. The van der Waals surface area contributed by atoms with E-state index >= 15 is 0 Å². The topological polar surface area (TPSA) is 84.4 Å². The molecule has 8 heteroatoms. The molecule has 2 aromatic heterocycles. The first-order valence-corrected chi connectivity index (χ1v) is 9.73. The molecule has 1 N–H and O–H groups in total. The second-order valence-corrected chi connectivity index (χ2v) is 7.74. The molecule has 0 unspecified atom stereocenters. The first-order valence-electron chi connectivity index (χ1n) is 7.93. The van der Waals surface area contributed by atoms with Crippen molar-refractivity contribution >= 4 is 45.2 Å². The zero-order valence-electron chi connectivity index (χ0n) is 13.8. The van der Waals surface area contributed by atoms with E-state index in [4.69, 9.17) is 4.42 Å². The normalized spacial score (nSPS) is 11.6. The highest BCUT2D eigenvalue weighted by Crippen LogP contribution is 2.32. The third-order valence-electron chi connectivity index (χ3n) is 3.62. The van der Waals surface area contributed by atoms with Crippen molar-refractivity contribution in [2.75, 3.05) is 5.75 Å². The molecular formula is C18H14N4O2S2. The SMILES string of the molecule is CCSc1nnc(N=Cc2nc(-c3cccc4ccccc34)oc2O)s1. The number of nitrogens with zero attached hydrogens (tertiary/aromatic N) is 4. The summed E-state index contributed by atoms with van der Waals surface area (Å²) in [5.41, 5.74) is 1.07. The molecule has 0 amide bonds. The molecule has 0 radical (unpaired) electrons. The van der Waals surface area contributed by atoms with Crippen LogP contribution in [-0.2, 0) is 0 Å². The molecule has 130 valence electrons. The van der Waals surface area contributed by atoms with Crippen molar-refractivity contribution in [3.8, 4) is 17.4 Å². The van der Waals surface area contributed by atoms with Crippen LogP contribution >= 0.6 is 23.1 Å². The fourth-order valence-corrected chi connectivity index (χ4v) is 4.07. The summed E-state index contributed by atoms with van der Waals surface area (Å²) in [6.45, 7) is 2.05. The van der Waals surface area contributed by atoms with Gasteiger partial charge >= 0.3 is 5.95 Å². The van der Waals surface area contributed by atoms with Gasteiger partial charge in [-0.05, 0) is 22.6 Å². The molecule has 0 fully saturated rings. The number of fused-ring (bicyclic) bond motifs is 1. The maximum absolute atomic E-state index is 10.1. The van der Waals surface area contributed by atoms with E-state index in [1.165, 1.54) is 17.6 Å². The predicted molar refractivity (Wildman–Crippen MR) is 105 cm³/mol. The monoisotopic (exact) mass is 382 g/mol. The molecule has 0 bridgehead atoms. The van der Waals surface area contributed by atoms with Crippen molar-refractivity contribution in [1.82, 2.24) is 15.2 Å². The van der Waals surface area contributed by atoms with E-state index in [-0.39, 0.29) is 11.6 Å². The number of thioether (sulfide) groups is 1. The molecule has 4 aromatic rings. The number of aromatic hydroxyl groups is 1. The van der Waals surface area contributed by atoms with Crippen molar-refractivity contribution in [3.63, 3.8) is 0 Å². The molecule has 0 aliphatic carbocycles. The van der Waals surface area contributed by atoms with Gasteiger partial charge in [-0.15, -0.1) is 10.2 Å². The zero-order valence-corrected chi connectivity index (χ0v) is 15.4. The maximum atomic E-state index is 10.1. The molecule has 4 rings (SSSR count). The Kier molecular flexibility index (Phi) is 4.68. The van der Waals surface area contributed by atoms with E-state index < -0.39 is 0 Å². The zero-order chi connectivity index (χ0) is 17.9. The molecule has 0 aliphatic heterocycles. The Hall–Kier alpha value is -2.71. The number of benzene rings is 2. The lowest BCUT2D eigenvalue weighted by molar-refractivity contribution is 0.337. The Morgan fingerprint density at radius 3 is 2.92 bits per heavy atom. The Bertz CT molecular complexity index is 1080. The summed E-state index contributed by atoms with van der Waals surface area (Å²) >= 11 is 3.00. The number of oxazole rings is 1. The summed E-state index contributed by atoms with van der Waals surface area (Å²) in [5, 5.41) is 20.7. The van der Waals surface area contributed by atoms with Gasteiger partial charge in [-0.3, -0.25) is 0 Å². The molecule has 0 atom stereocenters. The van der Waals surface area contributed by atoms with E-state index in [1.54, 1.807) is 11.8 Å². The van der Waals surface area contributed by atoms with E-state index in [2.05, 4.69) is 27.1 Å². The largest absolute Gasteiger partial charge is 0.479 e. The van der Waals surface area contributed by atoms with Crippen LogP contribution in [0.4, 0.5) is 5.13 Å². The molecule has 26 heavy (non-hydrogen) atoms. The average Bonchev–Trinajstić information content (AvgIpc) is 3.26. The predicted octanol–water partition coefficient (Wildman–Crippen LogP) is 4.91. The van der Waals surface area contributed by atoms with Gasteiger partial charge < -0.3 is 9.52 Å². The highest BCUT2D eigenvalue weighted by Gasteiger charge is 2.14. The molecule has 2 aromatic carbocycles. The van der Waals surface area contributed by atoms with Crippen molar-refractivity contribution in [3.05, 3.63) is 48.2 Å². The third kappa shape index (κ3) is 3.33. The number of hydrogen-bond donors (Lipinski definition) is 1. The maximum Gasteiger partial charge on any atom is 0.312 e. The van der Waals surface area contributed by atoms with Gasteiger partial charge in [-0.25, -0.2) is 9.98 Å². The summed E-state index contributed by atoms with van der Waals surface area (Å²) in [5.74, 6) is 1.00. The summed E-state index contributed by atoms with van der Waals surface area (Å²) in [4.78, 5) is 8.61. The van der Waals surface area contributed by atoms with Crippen LogP contribution in [0.5, 0.6) is 5.95 Å². The Balaban J connectivity index is 1.65. The van der Waals surface area contributed by atoms with Crippen LogP contribution < -0.4 is 0 Å². The quantitative estimate of drug-likeness (QED) is 0.390. The van der Waals surface area contributed by atoms with Crippen molar-refractivity contribution in [2.45, 2.75) is 11.3 Å². The molecule has 6 nitrogen and oxygen atoms in total. The minimum Gasteiger partial charge on any atom is -0.479 e. The summed E-state index contributed by atoms with van der Waals surface area (Å²) in [7, 11) is 0. The summed E-state index contributed by atoms with van der Waals surface area (Å²) < 4.78 is 6.32. The average molecular weight is 382 g/mol. The van der Waals surface area contributed by atoms with Crippen molar-refractivity contribution in [1.29, 1.82) is 0 Å². The minimum absolute atomic E-state index is 0.257. The highest BCUT2D eigenvalue weighted by molar-refractivity contribution is 8.01. The van der Waals surface area contributed by atoms with Gasteiger partial charge in [-0.2, -0.15) is 0 Å². The van der Waals surface area contributed by atoms with Crippen LogP contribution in [0.1, 0.15) is 12.6 Å². The van der Waals surface area contributed by atoms with Crippen LogP contribution in [0.25, 0.3) is 22.2 Å². The second kappa shape index (κ2) is 7.27. The van der Waals surface area contributed by atoms with Crippen LogP contribution in [0.3, 0.4) is 0 Å². The molecule has 2 heterocycles. The molecular weight excluding hydrogens is 368 g/mol. The lowest BCUT2D eigenvalue weighted by atomic mass is 10.0. The third-order valence-corrected chi connectivity index (χ3v) is 5.46. The van der Waals surface area contributed by atoms with Gasteiger partial charge in [0.05, 0.1) is 6.21 Å². The van der Waals surface area contributed by atoms with Crippen molar-refractivity contribution in [2.24, 2.45) is 4.99 Å². The Morgan fingerprint density at radius 1 is 1.19 bits per heavy atom. The van der Waals surface area contributed by atoms with E-state index in [0.29, 0.717) is 11.0 Å². The lowest BCUT2D eigenvalue weighted by Crippen LogP contribution is -1.84.